The zero-order valence-electron chi connectivity index (χ0n) is 17.8. The van der Waals surface area contributed by atoms with Crippen molar-refractivity contribution in [3.63, 3.8) is 0 Å². The molecule has 1 N–H and O–H groups in total. The molecule has 3 aromatic rings. The van der Waals surface area contributed by atoms with E-state index in [1.165, 1.54) is 18.5 Å². The molecule has 5 nitrogen and oxygen atoms in total. The first-order valence-electron chi connectivity index (χ1n) is 10.8. The summed E-state index contributed by atoms with van der Waals surface area (Å²) in [4.78, 5) is 19.2. The van der Waals surface area contributed by atoms with E-state index in [0.717, 1.165) is 36.7 Å². The molecule has 0 unspecified atom stereocenters. The smallest absolute Gasteiger partial charge is 0.251 e. The monoisotopic (exact) mass is 402 g/mol. The van der Waals surface area contributed by atoms with Gasteiger partial charge in [-0.25, -0.2) is 4.98 Å². The van der Waals surface area contributed by atoms with Gasteiger partial charge in [-0.1, -0.05) is 31.2 Å². The molecule has 1 saturated heterocycles. The van der Waals surface area contributed by atoms with E-state index >= 15 is 0 Å². The maximum absolute atomic E-state index is 12.7. The Morgan fingerprint density at radius 3 is 2.43 bits per heavy atom. The van der Waals surface area contributed by atoms with Crippen molar-refractivity contribution in [3.8, 4) is 0 Å². The Hall–Kier alpha value is -3.08. The van der Waals surface area contributed by atoms with Gasteiger partial charge in [-0.3, -0.25) is 4.79 Å². The second-order valence-corrected chi connectivity index (χ2v) is 8.39. The lowest BCUT2D eigenvalue weighted by molar-refractivity contribution is 0.0940. The van der Waals surface area contributed by atoms with Crippen molar-refractivity contribution in [2.45, 2.75) is 39.3 Å². The van der Waals surface area contributed by atoms with Gasteiger partial charge < -0.3 is 14.8 Å². The van der Waals surface area contributed by atoms with Crippen molar-refractivity contribution in [1.82, 2.24) is 14.9 Å². The summed E-state index contributed by atoms with van der Waals surface area (Å²) in [5, 5.41) is 3.11. The second kappa shape index (κ2) is 9.16. The zero-order valence-corrected chi connectivity index (χ0v) is 17.8. The molecule has 30 heavy (non-hydrogen) atoms. The summed E-state index contributed by atoms with van der Waals surface area (Å²) >= 11 is 0. The fourth-order valence-electron chi connectivity index (χ4n) is 3.96. The van der Waals surface area contributed by atoms with E-state index in [2.05, 4.69) is 46.4 Å². The Kier molecular flexibility index (Phi) is 6.17. The van der Waals surface area contributed by atoms with Crippen LogP contribution in [0.5, 0.6) is 0 Å². The third-order valence-electron chi connectivity index (χ3n) is 6.03. The predicted molar refractivity (Wildman–Crippen MR) is 121 cm³/mol. The maximum Gasteiger partial charge on any atom is 0.251 e. The van der Waals surface area contributed by atoms with Crippen molar-refractivity contribution in [2.75, 3.05) is 18.0 Å². The van der Waals surface area contributed by atoms with Crippen molar-refractivity contribution < 1.29 is 4.79 Å². The number of anilines is 1. The minimum absolute atomic E-state index is 0.0430. The summed E-state index contributed by atoms with van der Waals surface area (Å²) in [5.41, 5.74) is 4.21. The fraction of sp³-hybridized carbons (Fsp3) is 0.360. The second-order valence-electron chi connectivity index (χ2n) is 8.39. The van der Waals surface area contributed by atoms with Crippen molar-refractivity contribution >= 4 is 11.6 Å². The van der Waals surface area contributed by atoms with Gasteiger partial charge in [0, 0.05) is 43.3 Å². The molecule has 156 valence electrons. The molecule has 5 heteroatoms. The van der Waals surface area contributed by atoms with Crippen LogP contribution in [0.1, 0.15) is 54.2 Å². The first-order chi connectivity index (χ1) is 14.6. The van der Waals surface area contributed by atoms with E-state index in [1.54, 1.807) is 12.5 Å². The van der Waals surface area contributed by atoms with E-state index in [4.69, 9.17) is 0 Å². The van der Waals surface area contributed by atoms with Gasteiger partial charge in [-0.2, -0.15) is 0 Å². The van der Waals surface area contributed by atoms with Crippen LogP contribution < -0.4 is 10.2 Å². The number of hydrogen-bond donors (Lipinski definition) is 1. The molecule has 0 saturated carbocycles. The molecule has 2 aromatic carbocycles. The Morgan fingerprint density at radius 1 is 1.10 bits per heavy atom. The third-order valence-corrected chi connectivity index (χ3v) is 6.03. The van der Waals surface area contributed by atoms with E-state index in [0.29, 0.717) is 5.56 Å². The van der Waals surface area contributed by atoms with Crippen LogP contribution in [0.15, 0.2) is 67.3 Å². The number of aromatic nitrogens is 2. The van der Waals surface area contributed by atoms with Crippen molar-refractivity contribution in [1.29, 1.82) is 0 Å². The number of nitrogens with zero attached hydrogens (tertiary/aromatic N) is 3. The Morgan fingerprint density at radius 2 is 1.80 bits per heavy atom. The SMILES string of the molecule is CC1CCN(c2ccc([C@@H](C)NC(=O)c3ccc(Cn4ccnc4)cc3)cc2)CC1. The van der Waals surface area contributed by atoms with Gasteiger partial charge in [0.05, 0.1) is 12.4 Å². The van der Waals surface area contributed by atoms with E-state index in [1.807, 2.05) is 42.0 Å². The molecular formula is C25H30N4O. The quantitative estimate of drug-likeness (QED) is 0.652. The summed E-state index contributed by atoms with van der Waals surface area (Å²) < 4.78 is 2.01. The Bertz CT molecular complexity index is 940. The number of amides is 1. The summed E-state index contributed by atoms with van der Waals surface area (Å²) in [5.74, 6) is 0.779. The highest BCUT2D eigenvalue weighted by molar-refractivity contribution is 5.94. The minimum Gasteiger partial charge on any atom is -0.372 e. The normalized spacial score (nSPS) is 15.7. The largest absolute Gasteiger partial charge is 0.372 e. The molecule has 1 aliphatic heterocycles. The van der Waals surface area contributed by atoms with Crippen LogP contribution in [0.25, 0.3) is 0 Å². The van der Waals surface area contributed by atoms with E-state index in [-0.39, 0.29) is 11.9 Å². The van der Waals surface area contributed by atoms with E-state index < -0.39 is 0 Å². The lowest BCUT2D eigenvalue weighted by Crippen LogP contribution is -2.32. The standard InChI is InChI=1S/C25H30N4O/c1-19-11-14-29(15-12-19)24-9-7-22(8-10-24)20(2)27-25(30)23-5-3-21(4-6-23)17-28-16-13-26-18-28/h3-10,13,16,18-20H,11-12,14-15,17H2,1-2H3,(H,27,30)/t20-/m1/s1. The first-order valence-corrected chi connectivity index (χ1v) is 10.8. The number of carbonyl (C=O) groups excluding carboxylic acids is 1. The highest BCUT2D eigenvalue weighted by Gasteiger charge is 2.17. The number of benzene rings is 2. The van der Waals surface area contributed by atoms with Crippen LogP contribution in [0.2, 0.25) is 0 Å². The van der Waals surface area contributed by atoms with Crippen LogP contribution in [0, 0.1) is 5.92 Å². The van der Waals surface area contributed by atoms with Crippen molar-refractivity contribution in [2.24, 2.45) is 5.92 Å². The minimum atomic E-state index is -0.0502. The molecule has 0 aliphatic carbocycles. The third kappa shape index (κ3) is 4.90. The van der Waals surface area contributed by atoms with E-state index in [9.17, 15) is 4.79 Å². The summed E-state index contributed by atoms with van der Waals surface area (Å²) in [7, 11) is 0. The molecule has 1 fully saturated rings. The zero-order chi connectivity index (χ0) is 20.9. The molecule has 2 heterocycles. The molecular weight excluding hydrogens is 372 g/mol. The molecule has 1 aromatic heterocycles. The lowest BCUT2D eigenvalue weighted by Gasteiger charge is -2.32. The Balaban J connectivity index is 1.33. The van der Waals surface area contributed by atoms with Gasteiger partial charge in [0.15, 0.2) is 0 Å². The summed E-state index contributed by atoms with van der Waals surface area (Å²) in [6.07, 6.45) is 8.01. The van der Waals surface area contributed by atoms with Crippen molar-refractivity contribution in [3.05, 3.63) is 83.9 Å². The number of rotatable bonds is 6. The van der Waals surface area contributed by atoms with Gasteiger partial charge in [-0.05, 0) is 61.1 Å². The average Bonchev–Trinajstić information content (AvgIpc) is 3.28. The van der Waals surface area contributed by atoms with Crippen LogP contribution in [0.3, 0.4) is 0 Å². The predicted octanol–water partition coefficient (Wildman–Crippen LogP) is 4.66. The van der Waals surface area contributed by atoms with Gasteiger partial charge in [0.2, 0.25) is 0 Å². The molecule has 0 bridgehead atoms. The molecule has 1 aliphatic rings. The summed E-state index contributed by atoms with van der Waals surface area (Å²) in [6.45, 7) is 7.37. The van der Waals surface area contributed by atoms with Gasteiger partial charge >= 0.3 is 0 Å². The van der Waals surface area contributed by atoms with Gasteiger partial charge in [-0.15, -0.1) is 0 Å². The van der Waals surface area contributed by atoms with Crippen LogP contribution in [-0.2, 0) is 6.54 Å². The number of nitrogens with one attached hydrogen (secondary N) is 1. The Labute approximate surface area is 178 Å². The number of piperidine rings is 1. The van der Waals surface area contributed by atoms with Crippen LogP contribution in [-0.4, -0.2) is 28.5 Å². The fourth-order valence-corrected chi connectivity index (χ4v) is 3.96. The maximum atomic E-state index is 12.7. The number of hydrogen-bond acceptors (Lipinski definition) is 3. The molecule has 4 rings (SSSR count). The highest BCUT2D eigenvalue weighted by Crippen LogP contribution is 2.24. The average molecular weight is 403 g/mol. The number of carbonyl (C=O) groups is 1. The molecule has 0 radical (unpaired) electrons. The molecule has 1 atom stereocenters. The summed E-state index contributed by atoms with van der Waals surface area (Å²) in [6, 6.07) is 16.3. The molecule has 1 amide bonds. The van der Waals surface area contributed by atoms with Gasteiger partial charge in [0.1, 0.15) is 0 Å². The topological polar surface area (TPSA) is 50.2 Å². The number of imidazole rings is 1. The van der Waals surface area contributed by atoms with Crippen LogP contribution in [0.4, 0.5) is 5.69 Å². The highest BCUT2D eigenvalue weighted by atomic mass is 16.1. The first kappa shape index (κ1) is 20.2. The lowest BCUT2D eigenvalue weighted by atomic mass is 9.98. The van der Waals surface area contributed by atoms with Gasteiger partial charge in [0.25, 0.3) is 5.91 Å². The molecule has 0 spiro atoms. The van der Waals surface area contributed by atoms with Crippen LogP contribution >= 0.6 is 0 Å².